The maximum absolute atomic E-state index is 11.5. The first kappa shape index (κ1) is 13.1. The molecule has 0 saturated heterocycles. The lowest BCUT2D eigenvalue weighted by Gasteiger charge is -2.09. The van der Waals surface area contributed by atoms with Crippen molar-refractivity contribution < 1.29 is 9.90 Å². The van der Waals surface area contributed by atoms with Crippen molar-refractivity contribution >= 4 is 39.3 Å². The maximum atomic E-state index is 11.5. The van der Waals surface area contributed by atoms with Crippen molar-refractivity contribution in [3.63, 3.8) is 0 Å². The van der Waals surface area contributed by atoms with Crippen LogP contribution >= 0.6 is 23.1 Å². The molecule has 0 saturated carbocycles. The summed E-state index contributed by atoms with van der Waals surface area (Å²) in [4.78, 5) is 16.0. The van der Waals surface area contributed by atoms with Gasteiger partial charge in [-0.1, -0.05) is 54.2 Å². The highest BCUT2D eigenvalue weighted by Crippen LogP contribution is 2.39. The minimum atomic E-state index is -0.847. The van der Waals surface area contributed by atoms with Gasteiger partial charge in [0.25, 0.3) is 0 Å². The minimum Gasteiger partial charge on any atom is -0.480 e. The minimum absolute atomic E-state index is 0.628. The maximum Gasteiger partial charge on any atom is 0.321 e. The van der Waals surface area contributed by atoms with E-state index >= 15 is 0 Å². The van der Waals surface area contributed by atoms with E-state index in [1.54, 1.807) is 0 Å². The Labute approximate surface area is 124 Å². The smallest absolute Gasteiger partial charge is 0.321 e. The molecular weight excluding hydrogens is 290 g/mol. The van der Waals surface area contributed by atoms with Crippen molar-refractivity contribution in [1.29, 1.82) is 0 Å². The van der Waals surface area contributed by atoms with E-state index in [0.29, 0.717) is 0 Å². The molecule has 1 aromatic heterocycles. The molecule has 0 unspecified atom stereocenters. The second-order valence-corrected chi connectivity index (χ2v) is 6.58. The number of rotatable bonds is 4. The summed E-state index contributed by atoms with van der Waals surface area (Å²) < 4.78 is 1.86. The Bertz CT molecular complexity index is 707. The molecule has 1 atom stereocenters. The first-order chi connectivity index (χ1) is 9.74. The van der Waals surface area contributed by atoms with Crippen molar-refractivity contribution in [1.82, 2.24) is 4.98 Å². The molecular formula is C15H11NO2S2. The Balaban J connectivity index is 1.92. The van der Waals surface area contributed by atoms with E-state index in [-0.39, 0.29) is 0 Å². The Morgan fingerprint density at radius 3 is 2.50 bits per heavy atom. The van der Waals surface area contributed by atoms with Crippen LogP contribution in [0.4, 0.5) is 0 Å². The van der Waals surface area contributed by atoms with Crippen LogP contribution in [0.25, 0.3) is 10.2 Å². The van der Waals surface area contributed by atoms with Crippen LogP contribution in [0.1, 0.15) is 10.8 Å². The molecule has 100 valence electrons. The predicted octanol–water partition coefficient (Wildman–Crippen LogP) is 4.21. The monoisotopic (exact) mass is 301 g/mol. The number of para-hydroxylation sites is 1. The van der Waals surface area contributed by atoms with Gasteiger partial charge in [-0.3, -0.25) is 4.79 Å². The summed E-state index contributed by atoms with van der Waals surface area (Å²) in [5, 5.41) is 8.79. The standard InChI is InChI=1S/C15H11NO2S2/c17-14(18)13(10-6-2-1-3-7-10)20-15-16-11-8-4-5-9-12(11)19-15/h1-9,13H,(H,17,18)/t13-/m1/s1. The summed E-state index contributed by atoms with van der Waals surface area (Å²) in [5.41, 5.74) is 1.70. The molecule has 20 heavy (non-hydrogen) atoms. The molecule has 0 spiro atoms. The fourth-order valence-electron chi connectivity index (χ4n) is 1.89. The lowest BCUT2D eigenvalue weighted by molar-refractivity contribution is -0.136. The number of carboxylic acids is 1. The third-order valence-electron chi connectivity index (χ3n) is 2.82. The highest BCUT2D eigenvalue weighted by Gasteiger charge is 2.22. The van der Waals surface area contributed by atoms with Crippen molar-refractivity contribution in [3.05, 3.63) is 60.2 Å². The van der Waals surface area contributed by atoms with Crippen molar-refractivity contribution in [3.8, 4) is 0 Å². The number of aliphatic carboxylic acids is 1. The third-order valence-corrected chi connectivity index (χ3v) is 5.19. The van der Waals surface area contributed by atoms with Crippen molar-refractivity contribution in [2.45, 2.75) is 9.59 Å². The van der Waals surface area contributed by atoms with Gasteiger partial charge in [0.2, 0.25) is 0 Å². The molecule has 0 radical (unpaired) electrons. The van der Waals surface area contributed by atoms with Crippen LogP contribution in [-0.4, -0.2) is 16.1 Å². The average Bonchev–Trinajstić information content (AvgIpc) is 2.88. The van der Waals surface area contributed by atoms with E-state index in [0.717, 1.165) is 20.1 Å². The number of benzene rings is 2. The highest BCUT2D eigenvalue weighted by molar-refractivity contribution is 8.02. The zero-order chi connectivity index (χ0) is 13.9. The molecule has 0 aliphatic rings. The number of thiazole rings is 1. The van der Waals surface area contributed by atoms with Crippen LogP contribution in [0, 0.1) is 0 Å². The summed E-state index contributed by atoms with van der Waals surface area (Å²) in [6.07, 6.45) is 0. The van der Waals surface area contributed by atoms with Crippen LogP contribution in [0.15, 0.2) is 58.9 Å². The number of hydrogen-bond acceptors (Lipinski definition) is 4. The number of carboxylic acid groups (broad SMARTS) is 1. The van der Waals surface area contributed by atoms with Gasteiger partial charge in [0, 0.05) is 0 Å². The lowest BCUT2D eigenvalue weighted by Crippen LogP contribution is -2.07. The number of hydrogen-bond donors (Lipinski definition) is 1. The van der Waals surface area contributed by atoms with Gasteiger partial charge < -0.3 is 5.11 Å². The fraction of sp³-hybridized carbons (Fsp3) is 0.0667. The van der Waals surface area contributed by atoms with Crippen LogP contribution < -0.4 is 0 Å². The summed E-state index contributed by atoms with van der Waals surface area (Å²) in [5.74, 6) is -0.847. The molecule has 0 aliphatic carbocycles. The molecule has 0 aliphatic heterocycles. The van der Waals surface area contributed by atoms with Crippen molar-refractivity contribution in [2.24, 2.45) is 0 Å². The molecule has 3 nitrogen and oxygen atoms in total. The van der Waals surface area contributed by atoms with Gasteiger partial charge in [-0.05, 0) is 17.7 Å². The Kier molecular flexibility index (Phi) is 3.71. The largest absolute Gasteiger partial charge is 0.480 e. The van der Waals surface area contributed by atoms with E-state index < -0.39 is 11.2 Å². The highest BCUT2D eigenvalue weighted by atomic mass is 32.2. The first-order valence-corrected chi connectivity index (χ1v) is 7.73. The van der Waals surface area contributed by atoms with Gasteiger partial charge in [-0.25, -0.2) is 4.98 Å². The topological polar surface area (TPSA) is 50.2 Å². The number of fused-ring (bicyclic) bond motifs is 1. The molecule has 0 bridgehead atoms. The quantitative estimate of drug-likeness (QED) is 0.733. The van der Waals surface area contributed by atoms with Gasteiger partial charge in [0.15, 0.2) is 4.34 Å². The number of carbonyl (C=O) groups is 1. The fourth-order valence-corrected chi connectivity index (χ4v) is 4.09. The van der Waals surface area contributed by atoms with Crippen molar-refractivity contribution in [2.75, 3.05) is 0 Å². The van der Waals surface area contributed by atoms with E-state index in [2.05, 4.69) is 4.98 Å². The summed E-state index contributed by atoms with van der Waals surface area (Å²) >= 11 is 2.81. The zero-order valence-electron chi connectivity index (χ0n) is 10.4. The second-order valence-electron chi connectivity index (χ2n) is 4.19. The predicted molar refractivity (Wildman–Crippen MR) is 82.3 cm³/mol. The number of nitrogens with zero attached hydrogens (tertiary/aromatic N) is 1. The normalized spacial score (nSPS) is 12.4. The second kappa shape index (κ2) is 5.64. The molecule has 3 aromatic rings. The van der Waals surface area contributed by atoms with Crippen LogP contribution in [0.3, 0.4) is 0 Å². The van der Waals surface area contributed by atoms with E-state index in [9.17, 15) is 9.90 Å². The van der Waals surface area contributed by atoms with Crippen LogP contribution in [0.2, 0.25) is 0 Å². The molecule has 1 N–H and O–H groups in total. The van der Waals surface area contributed by atoms with Crippen LogP contribution in [-0.2, 0) is 4.79 Å². The Morgan fingerprint density at radius 2 is 1.80 bits per heavy atom. The molecule has 2 aromatic carbocycles. The molecule has 0 amide bonds. The Morgan fingerprint density at radius 1 is 1.10 bits per heavy atom. The molecule has 3 rings (SSSR count). The summed E-state index contributed by atoms with van der Waals surface area (Å²) in [7, 11) is 0. The zero-order valence-corrected chi connectivity index (χ0v) is 12.0. The Hall–Kier alpha value is -1.85. The van der Waals surface area contributed by atoms with E-state index in [1.807, 2.05) is 54.6 Å². The van der Waals surface area contributed by atoms with Crippen LogP contribution in [0.5, 0.6) is 0 Å². The average molecular weight is 301 g/mol. The molecule has 1 heterocycles. The third kappa shape index (κ3) is 2.69. The number of thioether (sulfide) groups is 1. The van der Waals surface area contributed by atoms with Gasteiger partial charge in [0.1, 0.15) is 5.25 Å². The SMILES string of the molecule is O=C(O)[C@H](Sc1nc2ccccc2s1)c1ccccc1. The summed E-state index contributed by atoms with van der Waals surface area (Å²) in [6.45, 7) is 0. The van der Waals surface area contributed by atoms with Gasteiger partial charge in [-0.15, -0.1) is 11.3 Å². The first-order valence-electron chi connectivity index (χ1n) is 6.04. The van der Waals surface area contributed by atoms with Gasteiger partial charge >= 0.3 is 5.97 Å². The van der Waals surface area contributed by atoms with E-state index in [1.165, 1.54) is 23.1 Å². The van der Waals surface area contributed by atoms with E-state index in [4.69, 9.17) is 0 Å². The van der Waals surface area contributed by atoms with Gasteiger partial charge in [-0.2, -0.15) is 0 Å². The number of aromatic nitrogens is 1. The molecule has 0 fully saturated rings. The summed E-state index contributed by atoms with van der Waals surface area (Å²) in [6, 6.07) is 17.1. The lowest BCUT2D eigenvalue weighted by atomic mass is 10.1. The molecule has 5 heteroatoms. The van der Waals surface area contributed by atoms with Gasteiger partial charge in [0.05, 0.1) is 10.2 Å².